The zero-order chi connectivity index (χ0) is 21.6. The Balaban J connectivity index is 1.95. The summed E-state index contributed by atoms with van der Waals surface area (Å²) in [6.07, 6.45) is -3.47. The highest BCUT2D eigenvalue weighted by Crippen LogP contribution is 2.36. The highest BCUT2D eigenvalue weighted by atomic mass is 35.5. The van der Waals surface area contributed by atoms with Gasteiger partial charge in [0, 0.05) is 18.3 Å². The number of anilines is 2. The van der Waals surface area contributed by atoms with Gasteiger partial charge in [-0.15, -0.1) is 0 Å². The van der Waals surface area contributed by atoms with Gasteiger partial charge in [0.15, 0.2) is 0 Å². The van der Waals surface area contributed by atoms with Gasteiger partial charge in [-0.05, 0) is 35.9 Å². The van der Waals surface area contributed by atoms with Crippen molar-refractivity contribution in [3.63, 3.8) is 0 Å². The van der Waals surface area contributed by atoms with E-state index in [1.165, 1.54) is 13.1 Å². The summed E-state index contributed by atoms with van der Waals surface area (Å²) in [4.78, 5) is 34.5. The predicted octanol–water partition coefficient (Wildman–Crippen LogP) is 3.41. The van der Waals surface area contributed by atoms with Gasteiger partial charge in [-0.3, -0.25) is 14.4 Å². The molecule has 2 aromatic rings. The van der Waals surface area contributed by atoms with Crippen LogP contribution in [0.25, 0.3) is 0 Å². The summed E-state index contributed by atoms with van der Waals surface area (Å²) in [7, 11) is 0. The molecule has 0 bridgehead atoms. The van der Waals surface area contributed by atoms with Crippen LogP contribution in [-0.2, 0) is 20.6 Å². The van der Waals surface area contributed by atoms with Crippen molar-refractivity contribution in [1.29, 1.82) is 0 Å². The molecule has 0 heterocycles. The molecule has 29 heavy (non-hydrogen) atoms. The largest absolute Gasteiger partial charge is 0.417 e. The van der Waals surface area contributed by atoms with E-state index in [4.69, 9.17) is 11.6 Å². The first-order valence-corrected chi connectivity index (χ1v) is 8.33. The van der Waals surface area contributed by atoms with Gasteiger partial charge in [0.2, 0.25) is 5.91 Å². The molecule has 0 unspecified atom stereocenters. The Morgan fingerprint density at radius 1 is 0.966 bits per heavy atom. The maximum atomic E-state index is 12.8. The van der Waals surface area contributed by atoms with E-state index in [0.717, 1.165) is 12.1 Å². The molecule has 0 spiro atoms. The number of halogens is 4. The minimum absolute atomic E-state index is 0.229. The monoisotopic (exact) mass is 426 g/mol. The van der Waals surface area contributed by atoms with E-state index in [2.05, 4.69) is 10.4 Å². The van der Waals surface area contributed by atoms with E-state index in [1.807, 2.05) is 10.7 Å². The van der Waals surface area contributed by atoms with Crippen molar-refractivity contribution in [3.05, 3.63) is 58.6 Å². The SMILES string of the molecule is CC(=O)Nc1ccc(/C=N/NC(=O)C(=O)Nc2ccc(Cl)c(C(F)(F)F)c2)cc1. The normalized spacial score (nSPS) is 11.2. The lowest BCUT2D eigenvalue weighted by atomic mass is 10.2. The Hall–Kier alpha value is -3.40. The van der Waals surface area contributed by atoms with Crippen molar-refractivity contribution in [3.8, 4) is 0 Å². The number of carbonyl (C=O) groups is 3. The van der Waals surface area contributed by atoms with Crippen molar-refractivity contribution < 1.29 is 27.6 Å². The second kappa shape index (κ2) is 9.20. The van der Waals surface area contributed by atoms with E-state index in [-0.39, 0.29) is 11.6 Å². The fourth-order valence-corrected chi connectivity index (χ4v) is 2.30. The molecule has 0 fully saturated rings. The van der Waals surface area contributed by atoms with Crippen LogP contribution in [0.4, 0.5) is 24.5 Å². The molecular formula is C18H14ClF3N4O3. The second-order valence-corrected chi connectivity index (χ2v) is 6.06. The van der Waals surface area contributed by atoms with Crippen molar-refractivity contribution in [2.24, 2.45) is 5.10 Å². The molecule has 3 amide bonds. The van der Waals surface area contributed by atoms with Crippen molar-refractivity contribution in [2.45, 2.75) is 13.1 Å². The number of nitrogens with zero attached hydrogens (tertiary/aromatic N) is 1. The lowest BCUT2D eigenvalue weighted by Crippen LogP contribution is -2.32. The number of hydrogen-bond acceptors (Lipinski definition) is 4. The number of hydrazone groups is 1. The second-order valence-electron chi connectivity index (χ2n) is 5.65. The summed E-state index contributed by atoms with van der Waals surface area (Å²) in [5, 5.41) is 7.67. The van der Waals surface area contributed by atoms with E-state index >= 15 is 0 Å². The van der Waals surface area contributed by atoms with Crippen LogP contribution >= 0.6 is 11.6 Å². The average Bonchev–Trinajstić information content (AvgIpc) is 2.63. The molecule has 0 saturated heterocycles. The molecule has 2 rings (SSSR count). The molecule has 152 valence electrons. The lowest BCUT2D eigenvalue weighted by Gasteiger charge is -2.11. The van der Waals surface area contributed by atoms with Gasteiger partial charge < -0.3 is 10.6 Å². The molecule has 3 N–H and O–H groups in total. The van der Waals surface area contributed by atoms with Gasteiger partial charge in [0.25, 0.3) is 0 Å². The highest BCUT2D eigenvalue weighted by molar-refractivity contribution is 6.39. The van der Waals surface area contributed by atoms with Crippen LogP contribution in [-0.4, -0.2) is 23.9 Å². The Morgan fingerprint density at radius 3 is 2.17 bits per heavy atom. The highest BCUT2D eigenvalue weighted by Gasteiger charge is 2.33. The van der Waals surface area contributed by atoms with E-state index in [1.54, 1.807) is 24.3 Å². The maximum absolute atomic E-state index is 12.8. The minimum atomic E-state index is -4.71. The number of carbonyl (C=O) groups excluding carboxylic acids is 3. The molecule has 2 aromatic carbocycles. The van der Waals surface area contributed by atoms with E-state index in [0.29, 0.717) is 17.3 Å². The number of alkyl halides is 3. The van der Waals surface area contributed by atoms with Crippen molar-refractivity contribution in [2.75, 3.05) is 10.6 Å². The summed E-state index contributed by atoms with van der Waals surface area (Å²) >= 11 is 5.49. The first-order chi connectivity index (χ1) is 13.6. The zero-order valence-electron chi connectivity index (χ0n) is 14.8. The molecule has 0 aliphatic carbocycles. The number of rotatable bonds is 4. The Labute approximate surface area is 167 Å². The molecular weight excluding hydrogens is 413 g/mol. The van der Waals surface area contributed by atoms with Gasteiger partial charge >= 0.3 is 18.0 Å². The van der Waals surface area contributed by atoms with Gasteiger partial charge in [0.1, 0.15) is 0 Å². The third-order valence-electron chi connectivity index (χ3n) is 3.35. The fourth-order valence-electron chi connectivity index (χ4n) is 2.08. The van der Waals surface area contributed by atoms with E-state index < -0.39 is 28.6 Å². The summed E-state index contributed by atoms with van der Waals surface area (Å²) in [5.41, 5.74) is 1.69. The van der Waals surface area contributed by atoms with Crippen LogP contribution in [0.2, 0.25) is 5.02 Å². The average molecular weight is 427 g/mol. The van der Waals surface area contributed by atoms with Crippen LogP contribution in [0, 0.1) is 0 Å². The minimum Gasteiger partial charge on any atom is -0.326 e. The Kier molecular flexibility index (Phi) is 6.94. The summed E-state index contributed by atoms with van der Waals surface area (Å²) in [6, 6.07) is 9.13. The van der Waals surface area contributed by atoms with Crippen LogP contribution in [0.15, 0.2) is 47.6 Å². The summed E-state index contributed by atoms with van der Waals surface area (Å²) < 4.78 is 38.5. The van der Waals surface area contributed by atoms with Crippen molar-refractivity contribution in [1.82, 2.24) is 5.43 Å². The first-order valence-electron chi connectivity index (χ1n) is 7.95. The summed E-state index contributed by atoms with van der Waals surface area (Å²) in [5.74, 6) is -2.62. The zero-order valence-corrected chi connectivity index (χ0v) is 15.6. The first kappa shape index (κ1) is 21.9. The molecule has 11 heteroatoms. The third kappa shape index (κ3) is 6.61. The Morgan fingerprint density at radius 2 is 1.59 bits per heavy atom. The van der Waals surface area contributed by atoms with Crippen molar-refractivity contribution >= 4 is 46.9 Å². The van der Waals surface area contributed by atoms with Crippen LogP contribution in [0.5, 0.6) is 0 Å². The van der Waals surface area contributed by atoms with Gasteiger partial charge in [-0.25, -0.2) is 5.43 Å². The lowest BCUT2D eigenvalue weighted by molar-refractivity contribution is -0.137. The maximum Gasteiger partial charge on any atom is 0.417 e. The Bertz CT molecular complexity index is 960. The standard InChI is InChI=1S/C18H14ClF3N4O3/c1-10(27)24-12-4-2-11(3-5-12)9-23-26-17(29)16(28)25-13-6-7-15(19)14(8-13)18(20,21)22/h2-9H,1H3,(H,24,27)(H,25,28)(H,26,29)/b23-9+. The molecule has 0 aromatic heterocycles. The van der Waals surface area contributed by atoms with Gasteiger partial charge in [-0.2, -0.15) is 18.3 Å². The van der Waals surface area contributed by atoms with Crippen LogP contribution in [0.3, 0.4) is 0 Å². The number of benzene rings is 2. The quantitative estimate of drug-likeness (QED) is 0.397. The predicted molar refractivity (Wildman–Crippen MR) is 102 cm³/mol. The van der Waals surface area contributed by atoms with Crippen LogP contribution in [0.1, 0.15) is 18.1 Å². The molecule has 0 radical (unpaired) electrons. The fraction of sp³-hybridized carbons (Fsp3) is 0.111. The molecule has 0 saturated carbocycles. The topological polar surface area (TPSA) is 99.7 Å². The van der Waals surface area contributed by atoms with Gasteiger partial charge in [-0.1, -0.05) is 23.7 Å². The van der Waals surface area contributed by atoms with Crippen LogP contribution < -0.4 is 16.1 Å². The number of hydrogen-bond donors (Lipinski definition) is 3. The van der Waals surface area contributed by atoms with E-state index in [9.17, 15) is 27.6 Å². The smallest absolute Gasteiger partial charge is 0.326 e. The number of nitrogens with one attached hydrogen (secondary N) is 3. The third-order valence-corrected chi connectivity index (χ3v) is 3.68. The summed E-state index contributed by atoms with van der Waals surface area (Å²) in [6.45, 7) is 1.36. The molecule has 0 aliphatic rings. The van der Waals surface area contributed by atoms with Gasteiger partial charge in [0.05, 0.1) is 16.8 Å². The number of amides is 3. The molecule has 0 atom stereocenters. The molecule has 7 nitrogen and oxygen atoms in total. The molecule has 0 aliphatic heterocycles.